The zero-order valence-corrected chi connectivity index (χ0v) is 8.47. The lowest BCUT2D eigenvalue weighted by Gasteiger charge is -2.01. The summed E-state index contributed by atoms with van der Waals surface area (Å²) in [7, 11) is 0. The van der Waals surface area contributed by atoms with Crippen molar-refractivity contribution in [2.75, 3.05) is 0 Å². The van der Waals surface area contributed by atoms with Gasteiger partial charge >= 0.3 is 0 Å². The average molecular weight is 211 g/mol. The van der Waals surface area contributed by atoms with E-state index in [1.165, 1.54) is 0 Å². The van der Waals surface area contributed by atoms with Gasteiger partial charge in [0.1, 0.15) is 11.6 Å². The van der Waals surface area contributed by atoms with Gasteiger partial charge in [-0.25, -0.2) is 0 Å². The summed E-state index contributed by atoms with van der Waals surface area (Å²) in [4.78, 5) is 18.0. The molecule has 0 aliphatic heterocycles. The summed E-state index contributed by atoms with van der Waals surface area (Å²) in [5.74, 6) is 0. The van der Waals surface area contributed by atoms with Crippen molar-refractivity contribution in [3.63, 3.8) is 0 Å². The zero-order chi connectivity index (χ0) is 11.4. The molecule has 16 heavy (non-hydrogen) atoms. The Balaban J connectivity index is 2.40. The molecular weight excluding hydrogens is 202 g/mol. The highest BCUT2D eigenvalue weighted by atomic mass is 16.1. The summed E-state index contributed by atoms with van der Waals surface area (Å²) in [5, 5.41) is 8.89. The van der Waals surface area contributed by atoms with Gasteiger partial charge in [-0.05, 0) is 23.8 Å². The maximum Gasteiger partial charge on any atom is 0.266 e. The van der Waals surface area contributed by atoms with E-state index in [9.17, 15) is 4.79 Å². The fourth-order valence-corrected chi connectivity index (χ4v) is 1.49. The lowest BCUT2D eigenvalue weighted by Crippen LogP contribution is -2.12. The van der Waals surface area contributed by atoms with Crippen LogP contribution >= 0.6 is 0 Å². The van der Waals surface area contributed by atoms with Gasteiger partial charge in [-0.2, -0.15) is 5.26 Å². The minimum atomic E-state index is -0.351. The van der Waals surface area contributed by atoms with Crippen LogP contribution in [0.15, 0.2) is 41.5 Å². The number of nitrogens with one attached hydrogen (secondary N) is 1. The van der Waals surface area contributed by atoms with E-state index >= 15 is 0 Å². The van der Waals surface area contributed by atoms with Gasteiger partial charge in [-0.1, -0.05) is 6.07 Å². The molecule has 2 heterocycles. The molecule has 2 rings (SSSR count). The molecule has 0 fully saturated rings. The predicted molar refractivity (Wildman–Crippen MR) is 58.8 cm³/mol. The second-order valence-corrected chi connectivity index (χ2v) is 3.32. The number of aromatic amines is 1. The van der Waals surface area contributed by atoms with Crippen molar-refractivity contribution >= 4 is 0 Å². The number of nitrogens with zero attached hydrogens (tertiary/aromatic N) is 2. The molecule has 2 aromatic rings. The van der Waals surface area contributed by atoms with Gasteiger partial charge in [0.2, 0.25) is 0 Å². The summed E-state index contributed by atoms with van der Waals surface area (Å²) in [6, 6.07) is 9.21. The van der Waals surface area contributed by atoms with Crippen LogP contribution in [0.25, 0.3) is 0 Å². The van der Waals surface area contributed by atoms with Gasteiger partial charge in [0, 0.05) is 24.5 Å². The Bertz CT molecular complexity index is 581. The molecule has 0 spiro atoms. The number of rotatable bonds is 2. The molecule has 0 unspecified atom stereocenters. The van der Waals surface area contributed by atoms with E-state index in [2.05, 4.69) is 9.97 Å². The summed E-state index contributed by atoms with van der Waals surface area (Å²) < 4.78 is 0. The maximum absolute atomic E-state index is 11.4. The molecule has 0 aliphatic rings. The Hall–Kier alpha value is -2.41. The third-order valence-corrected chi connectivity index (χ3v) is 2.26. The van der Waals surface area contributed by atoms with Gasteiger partial charge < -0.3 is 4.98 Å². The molecule has 2 aromatic heterocycles. The van der Waals surface area contributed by atoms with Crippen molar-refractivity contribution < 1.29 is 0 Å². The first-order chi connectivity index (χ1) is 7.81. The molecule has 0 aliphatic carbocycles. The highest BCUT2D eigenvalue weighted by Crippen LogP contribution is 2.07. The van der Waals surface area contributed by atoms with Crippen LogP contribution in [0, 0.1) is 11.3 Å². The number of aromatic nitrogens is 2. The normalized spacial score (nSPS) is 9.69. The molecule has 1 N–H and O–H groups in total. The Morgan fingerprint density at radius 1 is 1.38 bits per heavy atom. The Kier molecular flexibility index (Phi) is 2.79. The fourth-order valence-electron chi connectivity index (χ4n) is 1.49. The lowest BCUT2D eigenvalue weighted by atomic mass is 10.1. The largest absolute Gasteiger partial charge is 0.328 e. The molecule has 0 saturated heterocycles. The van der Waals surface area contributed by atoms with Gasteiger partial charge in [-0.3, -0.25) is 9.78 Å². The molecule has 0 saturated carbocycles. The van der Waals surface area contributed by atoms with Crippen LogP contribution in [-0.2, 0) is 6.42 Å². The molecule has 4 nitrogen and oxygen atoms in total. The first kappa shape index (κ1) is 10.1. The number of nitriles is 1. The van der Waals surface area contributed by atoms with Crippen LogP contribution in [-0.4, -0.2) is 9.97 Å². The second kappa shape index (κ2) is 4.41. The summed E-state index contributed by atoms with van der Waals surface area (Å²) >= 11 is 0. The van der Waals surface area contributed by atoms with Crippen LogP contribution in [0.1, 0.15) is 16.8 Å². The Morgan fingerprint density at radius 2 is 2.25 bits per heavy atom. The third kappa shape index (κ3) is 1.98. The minimum absolute atomic E-state index is 0.160. The third-order valence-electron chi connectivity index (χ3n) is 2.26. The van der Waals surface area contributed by atoms with Crippen molar-refractivity contribution in [1.82, 2.24) is 9.97 Å². The minimum Gasteiger partial charge on any atom is -0.328 e. The molecule has 0 atom stereocenters. The van der Waals surface area contributed by atoms with Gasteiger partial charge in [0.05, 0.1) is 0 Å². The maximum atomic E-state index is 11.4. The van der Waals surface area contributed by atoms with Gasteiger partial charge in [-0.15, -0.1) is 0 Å². The van der Waals surface area contributed by atoms with E-state index in [1.54, 1.807) is 18.5 Å². The van der Waals surface area contributed by atoms with E-state index in [0.29, 0.717) is 12.0 Å². The van der Waals surface area contributed by atoms with Crippen LogP contribution in [0.4, 0.5) is 0 Å². The zero-order valence-electron chi connectivity index (χ0n) is 8.47. The van der Waals surface area contributed by atoms with Crippen molar-refractivity contribution in [1.29, 1.82) is 5.26 Å². The average Bonchev–Trinajstić information content (AvgIpc) is 2.31. The van der Waals surface area contributed by atoms with E-state index in [4.69, 9.17) is 5.26 Å². The quantitative estimate of drug-likeness (QED) is 0.812. The molecule has 0 radical (unpaired) electrons. The van der Waals surface area contributed by atoms with E-state index in [1.807, 2.05) is 24.3 Å². The Morgan fingerprint density at radius 3 is 2.94 bits per heavy atom. The summed E-state index contributed by atoms with van der Waals surface area (Å²) in [5.41, 5.74) is 1.35. The van der Waals surface area contributed by atoms with Gasteiger partial charge in [0.15, 0.2) is 0 Å². The summed E-state index contributed by atoms with van der Waals surface area (Å²) in [6.07, 6.45) is 3.73. The molecule has 0 aromatic carbocycles. The smallest absolute Gasteiger partial charge is 0.266 e. The van der Waals surface area contributed by atoms with E-state index in [0.717, 1.165) is 5.69 Å². The van der Waals surface area contributed by atoms with Crippen molar-refractivity contribution in [3.05, 3.63) is 63.8 Å². The van der Waals surface area contributed by atoms with Gasteiger partial charge in [0.25, 0.3) is 5.56 Å². The standard InChI is InChI=1S/C12H9N3O/c13-8-11-9(4-6-15-12(11)16)7-10-3-1-2-5-14-10/h1-6H,7H2,(H,15,16). The van der Waals surface area contributed by atoms with Crippen LogP contribution in [0.3, 0.4) is 0 Å². The predicted octanol–water partition coefficient (Wildman–Crippen LogP) is 1.23. The highest BCUT2D eigenvalue weighted by molar-refractivity contribution is 5.37. The van der Waals surface area contributed by atoms with Crippen LogP contribution in [0.5, 0.6) is 0 Å². The molecular formula is C12H9N3O. The molecule has 4 heteroatoms. The first-order valence-electron chi connectivity index (χ1n) is 4.82. The first-order valence-corrected chi connectivity index (χ1v) is 4.82. The number of H-pyrrole nitrogens is 1. The number of pyridine rings is 2. The fraction of sp³-hybridized carbons (Fsp3) is 0.0833. The number of hydrogen-bond donors (Lipinski definition) is 1. The number of hydrogen-bond acceptors (Lipinski definition) is 3. The van der Waals surface area contributed by atoms with Crippen molar-refractivity contribution in [2.24, 2.45) is 0 Å². The van der Waals surface area contributed by atoms with Crippen LogP contribution in [0.2, 0.25) is 0 Å². The highest BCUT2D eigenvalue weighted by Gasteiger charge is 2.06. The van der Waals surface area contributed by atoms with E-state index in [-0.39, 0.29) is 11.1 Å². The summed E-state index contributed by atoms with van der Waals surface area (Å²) in [6.45, 7) is 0. The SMILES string of the molecule is N#Cc1c(Cc2ccccn2)cc[nH]c1=O. The monoisotopic (exact) mass is 211 g/mol. The van der Waals surface area contributed by atoms with Crippen molar-refractivity contribution in [3.8, 4) is 6.07 Å². The molecule has 0 amide bonds. The molecule has 78 valence electrons. The topological polar surface area (TPSA) is 69.5 Å². The van der Waals surface area contributed by atoms with Crippen LogP contribution < -0.4 is 5.56 Å². The lowest BCUT2D eigenvalue weighted by molar-refractivity contribution is 1.05. The second-order valence-electron chi connectivity index (χ2n) is 3.32. The molecule has 0 bridgehead atoms. The Labute approximate surface area is 92.2 Å². The van der Waals surface area contributed by atoms with Crippen molar-refractivity contribution in [2.45, 2.75) is 6.42 Å². The van der Waals surface area contributed by atoms with E-state index < -0.39 is 0 Å².